The van der Waals surface area contributed by atoms with Crippen LogP contribution in [0.15, 0.2) is 53.0 Å². The molecule has 0 aliphatic carbocycles. The summed E-state index contributed by atoms with van der Waals surface area (Å²) >= 11 is 3.27. The molecule has 0 aliphatic heterocycles. The molecule has 0 saturated heterocycles. The van der Waals surface area contributed by atoms with Crippen molar-refractivity contribution in [1.82, 2.24) is 0 Å². The van der Waals surface area contributed by atoms with Crippen molar-refractivity contribution in [3.63, 3.8) is 0 Å². The lowest BCUT2D eigenvalue weighted by Crippen LogP contribution is -2.16. The Morgan fingerprint density at radius 1 is 1.10 bits per heavy atom. The first-order valence-electron chi connectivity index (χ1n) is 5.99. The molecule has 2 rings (SSSR count). The van der Waals surface area contributed by atoms with Gasteiger partial charge in [-0.15, -0.1) is 0 Å². The van der Waals surface area contributed by atoms with E-state index in [0.29, 0.717) is 5.69 Å². The molecular weight excluding hydrogens is 345 g/mol. The Kier molecular flexibility index (Phi) is 4.53. The van der Waals surface area contributed by atoms with E-state index in [1.807, 2.05) is 6.07 Å². The van der Waals surface area contributed by atoms with Crippen LogP contribution >= 0.6 is 15.9 Å². The van der Waals surface area contributed by atoms with Gasteiger partial charge in [-0.25, -0.2) is 0 Å². The van der Waals surface area contributed by atoms with Crippen LogP contribution in [-0.2, 0) is 6.18 Å². The lowest BCUT2D eigenvalue weighted by atomic mass is 10.0. The van der Waals surface area contributed by atoms with Gasteiger partial charge in [0.2, 0.25) is 0 Å². The van der Waals surface area contributed by atoms with E-state index < -0.39 is 17.8 Å². The van der Waals surface area contributed by atoms with Crippen LogP contribution in [0.4, 0.5) is 18.9 Å². The topological polar surface area (TPSA) is 35.8 Å². The molecule has 0 spiro atoms. The van der Waals surface area contributed by atoms with E-state index in [9.17, 15) is 18.4 Å². The summed E-state index contributed by atoms with van der Waals surface area (Å²) in [4.78, 5) is 0. The maximum atomic E-state index is 13.0. The van der Waals surface area contributed by atoms with E-state index in [-0.39, 0.29) is 5.56 Å². The number of nitrogens with one attached hydrogen (secondary N) is 1. The Morgan fingerprint density at radius 2 is 1.81 bits per heavy atom. The average molecular weight is 355 g/mol. The van der Waals surface area contributed by atoms with Gasteiger partial charge in [0, 0.05) is 15.7 Å². The molecule has 0 bridgehead atoms. The van der Waals surface area contributed by atoms with Crippen LogP contribution < -0.4 is 5.32 Å². The molecule has 1 N–H and O–H groups in total. The Balaban J connectivity index is 2.37. The van der Waals surface area contributed by atoms with E-state index in [1.54, 1.807) is 24.3 Å². The zero-order valence-electron chi connectivity index (χ0n) is 10.7. The van der Waals surface area contributed by atoms with Gasteiger partial charge in [0.1, 0.15) is 6.04 Å². The zero-order chi connectivity index (χ0) is 15.5. The molecule has 2 aromatic carbocycles. The van der Waals surface area contributed by atoms with Crippen molar-refractivity contribution in [1.29, 1.82) is 5.26 Å². The van der Waals surface area contributed by atoms with Crippen molar-refractivity contribution in [2.75, 3.05) is 5.32 Å². The fourth-order valence-corrected chi connectivity index (χ4v) is 2.33. The van der Waals surface area contributed by atoms with Gasteiger partial charge in [-0.1, -0.05) is 40.2 Å². The second-order valence-electron chi connectivity index (χ2n) is 4.30. The summed E-state index contributed by atoms with van der Waals surface area (Å²) in [6.45, 7) is 0. The molecule has 2 nitrogen and oxygen atoms in total. The predicted octanol–water partition coefficient (Wildman–Crippen LogP) is 5.14. The summed E-state index contributed by atoms with van der Waals surface area (Å²) in [6, 6.07) is 12.8. The number of nitrogens with zero attached hydrogens (tertiary/aromatic N) is 1. The number of hydrogen-bond acceptors (Lipinski definition) is 2. The van der Waals surface area contributed by atoms with Crippen molar-refractivity contribution in [3.8, 4) is 6.07 Å². The summed E-state index contributed by atoms with van der Waals surface area (Å²) in [5.41, 5.74) is -0.334. The molecule has 1 atom stereocenters. The molecule has 0 fully saturated rings. The third-order valence-corrected chi connectivity index (χ3v) is 3.34. The molecule has 21 heavy (non-hydrogen) atoms. The third kappa shape index (κ3) is 3.76. The molecule has 1 unspecified atom stereocenters. The molecule has 6 heteroatoms. The Bertz CT molecular complexity index is 677. The standard InChI is InChI=1S/C15H10BrF3N2/c16-10-4-3-5-11(8-10)21-14(9-20)12-6-1-2-7-13(12)15(17,18)19/h1-8,14,21H. The van der Waals surface area contributed by atoms with Gasteiger partial charge in [-0.2, -0.15) is 18.4 Å². The number of nitriles is 1. The Hall–Kier alpha value is -2.00. The van der Waals surface area contributed by atoms with Crippen molar-refractivity contribution in [2.45, 2.75) is 12.2 Å². The van der Waals surface area contributed by atoms with Crippen molar-refractivity contribution in [2.24, 2.45) is 0 Å². The highest BCUT2D eigenvalue weighted by Crippen LogP contribution is 2.35. The number of rotatable bonds is 3. The van der Waals surface area contributed by atoms with Gasteiger partial charge in [0.15, 0.2) is 0 Å². The third-order valence-electron chi connectivity index (χ3n) is 2.84. The molecule has 108 valence electrons. The minimum absolute atomic E-state index is 0.0903. The number of anilines is 1. The highest BCUT2D eigenvalue weighted by Gasteiger charge is 2.35. The molecule has 0 saturated carbocycles. The number of alkyl halides is 3. The molecule has 0 aliphatic rings. The molecule has 0 heterocycles. The minimum atomic E-state index is -4.50. The van der Waals surface area contributed by atoms with Gasteiger partial charge >= 0.3 is 6.18 Å². The van der Waals surface area contributed by atoms with Gasteiger partial charge in [0.05, 0.1) is 11.6 Å². The molecule has 2 aromatic rings. The van der Waals surface area contributed by atoms with Crippen molar-refractivity contribution in [3.05, 3.63) is 64.1 Å². The smallest absolute Gasteiger partial charge is 0.366 e. The van der Waals surface area contributed by atoms with E-state index in [1.165, 1.54) is 18.2 Å². The largest absolute Gasteiger partial charge is 0.416 e. The van der Waals surface area contributed by atoms with E-state index in [2.05, 4.69) is 21.2 Å². The lowest BCUT2D eigenvalue weighted by molar-refractivity contribution is -0.138. The quantitative estimate of drug-likeness (QED) is 0.827. The van der Waals surface area contributed by atoms with E-state index in [0.717, 1.165) is 10.5 Å². The minimum Gasteiger partial charge on any atom is -0.366 e. The highest BCUT2D eigenvalue weighted by molar-refractivity contribution is 9.10. The summed E-state index contributed by atoms with van der Waals surface area (Å²) in [7, 11) is 0. The first-order valence-corrected chi connectivity index (χ1v) is 6.79. The molecule has 0 aromatic heterocycles. The van der Waals surface area contributed by atoms with Crippen LogP contribution in [0.3, 0.4) is 0 Å². The Morgan fingerprint density at radius 3 is 2.43 bits per heavy atom. The maximum Gasteiger partial charge on any atom is 0.416 e. The number of halogens is 4. The molecule has 0 radical (unpaired) electrons. The monoisotopic (exact) mass is 354 g/mol. The molecule has 0 amide bonds. The zero-order valence-corrected chi connectivity index (χ0v) is 12.2. The molecular formula is C15H10BrF3N2. The summed E-state index contributed by atoms with van der Waals surface area (Å²) in [5.74, 6) is 0. The van der Waals surface area contributed by atoms with Crippen molar-refractivity contribution < 1.29 is 13.2 Å². The first kappa shape index (κ1) is 15.4. The van der Waals surface area contributed by atoms with Gasteiger partial charge < -0.3 is 5.32 Å². The van der Waals surface area contributed by atoms with E-state index in [4.69, 9.17) is 0 Å². The fraction of sp³-hybridized carbons (Fsp3) is 0.133. The van der Waals surface area contributed by atoms with E-state index >= 15 is 0 Å². The summed E-state index contributed by atoms with van der Waals surface area (Å²) in [5, 5.41) is 12.0. The van der Waals surface area contributed by atoms with Gasteiger partial charge in [-0.05, 0) is 24.3 Å². The second-order valence-corrected chi connectivity index (χ2v) is 5.22. The second kappa shape index (κ2) is 6.19. The van der Waals surface area contributed by atoms with Crippen LogP contribution in [0, 0.1) is 11.3 Å². The normalized spacial score (nSPS) is 12.5. The fourth-order valence-electron chi connectivity index (χ4n) is 1.93. The van der Waals surface area contributed by atoms with Crippen LogP contribution in [0.25, 0.3) is 0 Å². The van der Waals surface area contributed by atoms with Crippen LogP contribution in [0.2, 0.25) is 0 Å². The van der Waals surface area contributed by atoms with Gasteiger partial charge in [0.25, 0.3) is 0 Å². The van der Waals surface area contributed by atoms with Crippen LogP contribution in [-0.4, -0.2) is 0 Å². The maximum absolute atomic E-state index is 13.0. The predicted molar refractivity (Wildman–Crippen MR) is 77.6 cm³/mol. The lowest BCUT2D eigenvalue weighted by Gasteiger charge is -2.18. The SMILES string of the molecule is N#CC(Nc1cccc(Br)c1)c1ccccc1C(F)(F)F. The highest BCUT2D eigenvalue weighted by atomic mass is 79.9. The van der Waals surface area contributed by atoms with Gasteiger partial charge in [-0.3, -0.25) is 0 Å². The Labute approximate surface area is 128 Å². The first-order chi connectivity index (χ1) is 9.91. The summed E-state index contributed by atoms with van der Waals surface area (Å²) in [6.07, 6.45) is -4.50. The van der Waals surface area contributed by atoms with Crippen LogP contribution in [0.5, 0.6) is 0 Å². The number of hydrogen-bond donors (Lipinski definition) is 1. The number of benzene rings is 2. The van der Waals surface area contributed by atoms with Crippen LogP contribution in [0.1, 0.15) is 17.2 Å². The van der Waals surface area contributed by atoms with Crippen molar-refractivity contribution >= 4 is 21.6 Å². The average Bonchev–Trinajstić information content (AvgIpc) is 2.44. The summed E-state index contributed by atoms with van der Waals surface area (Å²) < 4.78 is 39.8.